The maximum Gasteiger partial charge on any atom is 0.162 e. The first-order valence-electron chi connectivity index (χ1n) is 5.36. The van der Waals surface area contributed by atoms with E-state index in [2.05, 4.69) is 13.5 Å². The van der Waals surface area contributed by atoms with Crippen LogP contribution in [0, 0.1) is 13.8 Å². The summed E-state index contributed by atoms with van der Waals surface area (Å²) in [5, 5.41) is 0. The fourth-order valence-corrected chi connectivity index (χ4v) is 1.47. The standard InChI is InChI=1S/C14H18O/c1-4-5-6-7-14(15)13-9-8-11(2)12(3)10-13/h4,8-10H,1,5-7H2,2-3H3. The summed E-state index contributed by atoms with van der Waals surface area (Å²) in [6.07, 6.45) is 4.29. The molecule has 0 radical (unpaired) electrons. The third-order valence-electron chi connectivity index (χ3n) is 2.64. The van der Waals surface area contributed by atoms with Crippen LogP contribution in [0.2, 0.25) is 0 Å². The summed E-state index contributed by atoms with van der Waals surface area (Å²) in [7, 11) is 0. The average Bonchev–Trinajstić information content (AvgIpc) is 2.22. The Morgan fingerprint density at radius 2 is 2.07 bits per heavy atom. The topological polar surface area (TPSA) is 17.1 Å². The summed E-state index contributed by atoms with van der Waals surface area (Å²) in [5.41, 5.74) is 3.25. The number of aryl methyl sites for hydroxylation is 2. The van der Waals surface area contributed by atoms with Crippen LogP contribution in [-0.4, -0.2) is 5.78 Å². The first kappa shape index (κ1) is 11.7. The molecule has 0 aromatic heterocycles. The molecule has 1 aromatic carbocycles. The SMILES string of the molecule is C=CCCCC(=O)c1ccc(C)c(C)c1. The molecule has 0 saturated heterocycles. The highest BCUT2D eigenvalue weighted by Crippen LogP contribution is 2.12. The molecule has 0 amide bonds. The van der Waals surface area contributed by atoms with Crippen molar-refractivity contribution >= 4 is 5.78 Å². The van der Waals surface area contributed by atoms with E-state index in [0.717, 1.165) is 18.4 Å². The van der Waals surface area contributed by atoms with Crippen molar-refractivity contribution in [2.45, 2.75) is 33.1 Å². The van der Waals surface area contributed by atoms with Crippen molar-refractivity contribution < 1.29 is 4.79 Å². The second-order valence-corrected chi connectivity index (χ2v) is 3.90. The number of carbonyl (C=O) groups excluding carboxylic acids is 1. The van der Waals surface area contributed by atoms with Crippen LogP contribution in [0.5, 0.6) is 0 Å². The van der Waals surface area contributed by atoms with Crippen LogP contribution in [-0.2, 0) is 0 Å². The number of ketones is 1. The molecule has 0 saturated carbocycles. The largest absolute Gasteiger partial charge is 0.294 e. The second kappa shape index (κ2) is 5.50. The molecule has 15 heavy (non-hydrogen) atoms. The summed E-state index contributed by atoms with van der Waals surface area (Å²) in [5.74, 6) is 0.236. The molecule has 0 heterocycles. The number of benzene rings is 1. The van der Waals surface area contributed by atoms with Gasteiger partial charge < -0.3 is 0 Å². The maximum absolute atomic E-state index is 11.7. The third kappa shape index (κ3) is 3.35. The zero-order valence-electron chi connectivity index (χ0n) is 9.55. The van der Waals surface area contributed by atoms with E-state index in [1.165, 1.54) is 11.1 Å². The van der Waals surface area contributed by atoms with E-state index in [1.807, 2.05) is 31.2 Å². The molecule has 1 heteroatoms. The minimum atomic E-state index is 0.236. The molecule has 0 fully saturated rings. The van der Waals surface area contributed by atoms with Gasteiger partial charge in [0.2, 0.25) is 0 Å². The monoisotopic (exact) mass is 202 g/mol. The lowest BCUT2D eigenvalue weighted by atomic mass is 10.0. The summed E-state index contributed by atoms with van der Waals surface area (Å²) < 4.78 is 0. The van der Waals surface area contributed by atoms with Gasteiger partial charge in [-0.3, -0.25) is 4.79 Å². The van der Waals surface area contributed by atoms with E-state index in [4.69, 9.17) is 0 Å². The van der Waals surface area contributed by atoms with Gasteiger partial charge in [0.1, 0.15) is 0 Å². The number of hydrogen-bond donors (Lipinski definition) is 0. The fraction of sp³-hybridized carbons (Fsp3) is 0.357. The van der Waals surface area contributed by atoms with E-state index in [9.17, 15) is 4.79 Å². The first-order valence-corrected chi connectivity index (χ1v) is 5.36. The number of unbranched alkanes of at least 4 members (excludes halogenated alkanes) is 1. The quantitative estimate of drug-likeness (QED) is 0.403. The molecule has 0 aliphatic heterocycles. The van der Waals surface area contributed by atoms with E-state index in [1.54, 1.807) is 0 Å². The van der Waals surface area contributed by atoms with Crippen LogP contribution in [0.1, 0.15) is 40.7 Å². The molecule has 0 N–H and O–H groups in total. The molecule has 0 spiro atoms. The summed E-state index contributed by atoms with van der Waals surface area (Å²) in [6, 6.07) is 5.90. The molecule has 1 nitrogen and oxygen atoms in total. The lowest BCUT2D eigenvalue weighted by molar-refractivity contribution is 0.0980. The number of Topliss-reactive ketones (excluding diaryl/α,β-unsaturated/α-hetero) is 1. The van der Waals surface area contributed by atoms with Crippen molar-refractivity contribution in [3.05, 3.63) is 47.5 Å². The Kier molecular flexibility index (Phi) is 4.29. The predicted octanol–water partition coefficient (Wildman–Crippen LogP) is 3.84. The van der Waals surface area contributed by atoms with Crippen molar-refractivity contribution in [2.75, 3.05) is 0 Å². The zero-order valence-corrected chi connectivity index (χ0v) is 9.55. The Balaban J connectivity index is 2.65. The second-order valence-electron chi connectivity index (χ2n) is 3.90. The van der Waals surface area contributed by atoms with Gasteiger partial charge in [-0.05, 0) is 43.9 Å². The highest BCUT2D eigenvalue weighted by Gasteiger charge is 2.05. The molecule has 0 aliphatic carbocycles. The van der Waals surface area contributed by atoms with Gasteiger partial charge in [-0.2, -0.15) is 0 Å². The smallest absolute Gasteiger partial charge is 0.162 e. The van der Waals surface area contributed by atoms with Gasteiger partial charge in [0.05, 0.1) is 0 Å². The van der Waals surface area contributed by atoms with Gasteiger partial charge in [-0.25, -0.2) is 0 Å². The van der Waals surface area contributed by atoms with Crippen molar-refractivity contribution in [3.8, 4) is 0 Å². The van der Waals surface area contributed by atoms with Gasteiger partial charge in [-0.15, -0.1) is 6.58 Å². The van der Waals surface area contributed by atoms with Crippen LogP contribution in [0.3, 0.4) is 0 Å². The molecule has 80 valence electrons. The number of rotatable bonds is 5. The highest BCUT2D eigenvalue weighted by atomic mass is 16.1. The van der Waals surface area contributed by atoms with E-state index < -0.39 is 0 Å². The van der Waals surface area contributed by atoms with E-state index in [-0.39, 0.29) is 5.78 Å². The molecule has 0 bridgehead atoms. The van der Waals surface area contributed by atoms with Crippen LogP contribution in [0.4, 0.5) is 0 Å². The van der Waals surface area contributed by atoms with Crippen LogP contribution < -0.4 is 0 Å². The minimum Gasteiger partial charge on any atom is -0.294 e. The van der Waals surface area contributed by atoms with E-state index in [0.29, 0.717) is 6.42 Å². The molecule has 1 rings (SSSR count). The summed E-state index contributed by atoms with van der Waals surface area (Å²) >= 11 is 0. The van der Waals surface area contributed by atoms with Crippen LogP contribution in [0.25, 0.3) is 0 Å². The Morgan fingerprint density at radius 3 is 2.67 bits per heavy atom. The van der Waals surface area contributed by atoms with Gasteiger partial charge in [0, 0.05) is 12.0 Å². The molecule has 0 aliphatic rings. The summed E-state index contributed by atoms with van der Waals surface area (Å²) in [6.45, 7) is 7.74. The van der Waals surface area contributed by atoms with Crippen molar-refractivity contribution in [2.24, 2.45) is 0 Å². The lowest BCUT2D eigenvalue weighted by Crippen LogP contribution is -1.99. The van der Waals surface area contributed by atoms with Crippen LogP contribution >= 0.6 is 0 Å². The third-order valence-corrected chi connectivity index (χ3v) is 2.64. The number of carbonyl (C=O) groups is 1. The molecule has 0 unspecified atom stereocenters. The Morgan fingerprint density at radius 1 is 1.33 bits per heavy atom. The van der Waals surface area contributed by atoms with Gasteiger partial charge in [0.15, 0.2) is 5.78 Å². The van der Waals surface area contributed by atoms with Gasteiger partial charge >= 0.3 is 0 Å². The molecule has 0 atom stereocenters. The van der Waals surface area contributed by atoms with Crippen molar-refractivity contribution in [1.29, 1.82) is 0 Å². The highest BCUT2D eigenvalue weighted by molar-refractivity contribution is 5.96. The van der Waals surface area contributed by atoms with Gasteiger partial charge in [0.25, 0.3) is 0 Å². The molecular formula is C14H18O. The maximum atomic E-state index is 11.7. The normalized spacial score (nSPS) is 10.0. The zero-order chi connectivity index (χ0) is 11.3. The van der Waals surface area contributed by atoms with Crippen molar-refractivity contribution in [1.82, 2.24) is 0 Å². The fourth-order valence-electron chi connectivity index (χ4n) is 1.47. The number of hydrogen-bond acceptors (Lipinski definition) is 1. The molecule has 1 aromatic rings. The van der Waals surface area contributed by atoms with E-state index >= 15 is 0 Å². The first-order chi connectivity index (χ1) is 7.15. The summed E-state index contributed by atoms with van der Waals surface area (Å²) in [4.78, 5) is 11.7. The Hall–Kier alpha value is -1.37. The predicted molar refractivity (Wildman–Crippen MR) is 64.3 cm³/mol. The molecular weight excluding hydrogens is 184 g/mol. The van der Waals surface area contributed by atoms with Crippen molar-refractivity contribution in [3.63, 3.8) is 0 Å². The van der Waals surface area contributed by atoms with Crippen LogP contribution in [0.15, 0.2) is 30.9 Å². The lowest BCUT2D eigenvalue weighted by Gasteiger charge is -2.03. The Bertz CT molecular complexity index is 364. The average molecular weight is 202 g/mol. The Labute approximate surface area is 91.8 Å². The number of allylic oxidation sites excluding steroid dienone is 1. The minimum absolute atomic E-state index is 0.236. The van der Waals surface area contributed by atoms with Gasteiger partial charge in [-0.1, -0.05) is 18.2 Å².